The highest BCUT2D eigenvalue weighted by molar-refractivity contribution is 5.37. The van der Waals surface area contributed by atoms with Crippen molar-refractivity contribution in [2.75, 3.05) is 7.11 Å². The van der Waals surface area contributed by atoms with Crippen LogP contribution in [-0.2, 0) is 25.9 Å². The van der Waals surface area contributed by atoms with E-state index < -0.39 is 0 Å². The van der Waals surface area contributed by atoms with Gasteiger partial charge in [-0.1, -0.05) is 26.0 Å². The number of methoxy groups -OCH3 is 1. The van der Waals surface area contributed by atoms with Crippen LogP contribution in [0.5, 0.6) is 5.75 Å². The van der Waals surface area contributed by atoms with E-state index in [1.807, 2.05) is 16.8 Å². The molecule has 1 aromatic heterocycles. The van der Waals surface area contributed by atoms with E-state index in [2.05, 4.69) is 30.0 Å². The number of hydrogen-bond donors (Lipinski definition) is 1. The summed E-state index contributed by atoms with van der Waals surface area (Å²) in [6.45, 7) is 5.35. The Kier molecular flexibility index (Phi) is 4.74. The highest BCUT2D eigenvalue weighted by atomic mass is 16.5. The van der Waals surface area contributed by atoms with E-state index in [1.54, 1.807) is 7.11 Å². The lowest BCUT2D eigenvalue weighted by atomic mass is 10.1. The average molecular weight is 274 g/mol. The van der Waals surface area contributed by atoms with Crippen molar-refractivity contribution in [3.05, 3.63) is 41.0 Å². The van der Waals surface area contributed by atoms with E-state index in [9.17, 15) is 0 Å². The maximum absolute atomic E-state index is 5.69. The molecule has 0 bridgehead atoms. The number of benzene rings is 1. The Bertz CT molecular complexity index is 577. The molecule has 2 N–H and O–H groups in total. The van der Waals surface area contributed by atoms with Crippen molar-refractivity contribution < 1.29 is 4.74 Å². The lowest BCUT2D eigenvalue weighted by Crippen LogP contribution is -2.07. The Labute approximate surface area is 119 Å². The molecule has 0 saturated carbocycles. The van der Waals surface area contributed by atoms with Crippen molar-refractivity contribution in [3.8, 4) is 5.75 Å². The Morgan fingerprint density at radius 3 is 2.65 bits per heavy atom. The predicted molar refractivity (Wildman–Crippen MR) is 78.8 cm³/mol. The number of ether oxygens (including phenoxy) is 1. The maximum atomic E-state index is 5.69. The zero-order valence-electron chi connectivity index (χ0n) is 12.4. The molecule has 0 aliphatic carbocycles. The summed E-state index contributed by atoms with van der Waals surface area (Å²) < 4.78 is 7.34. The van der Waals surface area contributed by atoms with Crippen molar-refractivity contribution >= 4 is 0 Å². The quantitative estimate of drug-likeness (QED) is 0.874. The monoisotopic (exact) mass is 274 g/mol. The standard InChI is InChI=1S/C15H22N4O/c1-4-14-17-15(5-2)19(18-14)10-11-6-7-12(9-16)13(8-11)20-3/h6-8H,4-5,9-10,16H2,1-3H3. The Hall–Kier alpha value is -1.88. The summed E-state index contributed by atoms with van der Waals surface area (Å²) in [5.41, 5.74) is 7.84. The van der Waals surface area contributed by atoms with Gasteiger partial charge >= 0.3 is 0 Å². The first kappa shape index (κ1) is 14.5. The summed E-state index contributed by atoms with van der Waals surface area (Å²) in [5, 5.41) is 4.53. The molecule has 1 aromatic carbocycles. The highest BCUT2D eigenvalue weighted by Gasteiger charge is 2.09. The second-order valence-electron chi connectivity index (χ2n) is 4.66. The van der Waals surface area contributed by atoms with Crippen LogP contribution in [-0.4, -0.2) is 21.9 Å². The molecule has 0 unspecified atom stereocenters. The summed E-state index contributed by atoms with van der Waals surface area (Å²) in [6.07, 6.45) is 1.74. The molecule has 0 aliphatic rings. The molecule has 1 heterocycles. The van der Waals surface area contributed by atoms with Crippen LogP contribution in [0.15, 0.2) is 18.2 Å². The molecule has 0 aliphatic heterocycles. The number of hydrogen-bond acceptors (Lipinski definition) is 4. The largest absolute Gasteiger partial charge is 0.496 e. The number of nitrogens with two attached hydrogens (primary N) is 1. The van der Waals surface area contributed by atoms with Gasteiger partial charge in [-0.3, -0.25) is 0 Å². The summed E-state index contributed by atoms with van der Waals surface area (Å²) in [6, 6.07) is 6.10. The summed E-state index contributed by atoms with van der Waals surface area (Å²) in [5.74, 6) is 2.75. The van der Waals surface area contributed by atoms with E-state index in [1.165, 1.54) is 0 Å². The fourth-order valence-corrected chi connectivity index (χ4v) is 2.19. The van der Waals surface area contributed by atoms with Crippen LogP contribution in [0.2, 0.25) is 0 Å². The third kappa shape index (κ3) is 2.99. The number of aryl methyl sites for hydroxylation is 2. The molecule has 0 saturated heterocycles. The minimum absolute atomic E-state index is 0.479. The van der Waals surface area contributed by atoms with E-state index in [0.717, 1.165) is 41.4 Å². The SMILES string of the molecule is CCc1nc(CC)n(Cc2ccc(CN)c(OC)c2)n1. The van der Waals surface area contributed by atoms with Gasteiger partial charge in [0.15, 0.2) is 5.82 Å². The Balaban J connectivity index is 2.27. The van der Waals surface area contributed by atoms with Gasteiger partial charge in [0.1, 0.15) is 11.6 Å². The molecule has 5 heteroatoms. The molecule has 0 fully saturated rings. The predicted octanol–water partition coefficient (Wildman–Crippen LogP) is 1.92. The van der Waals surface area contributed by atoms with Gasteiger partial charge in [-0.05, 0) is 11.6 Å². The molecule has 5 nitrogen and oxygen atoms in total. The minimum Gasteiger partial charge on any atom is -0.496 e. The molecule has 0 amide bonds. The van der Waals surface area contributed by atoms with Crippen molar-refractivity contribution in [2.24, 2.45) is 5.73 Å². The first-order chi connectivity index (χ1) is 9.71. The van der Waals surface area contributed by atoms with E-state index in [-0.39, 0.29) is 0 Å². The van der Waals surface area contributed by atoms with Crippen molar-refractivity contribution in [1.29, 1.82) is 0 Å². The topological polar surface area (TPSA) is 66.0 Å². The molecule has 2 rings (SSSR count). The Morgan fingerprint density at radius 1 is 1.25 bits per heavy atom. The zero-order chi connectivity index (χ0) is 14.5. The fourth-order valence-electron chi connectivity index (χ4n) is 2.19. The van der Waals surface area contributed by atoms with Crippen LogP contribution in [0, 0.1) is 0 Å². The smallest absolute Gasteiger partial charge is 0.150 e. The molecule has 2 aromatic rings. The van der Waals surface area contributed by atoms with Crippen LogP contribution in [0.3, 0.4) is 0 Å². The zero-order valence-corrected chi connectivity index (χ0v) is 12.4. The van der Waals surface area contributed by atoms with Gasteiger partial charge in [0.2, 0.25) is 0 Å². The van der Waals surface area contributed by atoms with Gasteiger partial charge in [0, 0.05) is 24.9 Å². The lowest BCUT2D eigenvalue weighted by Gasteiger charge is -2.10. The second-order valence-corrected chi connectivity index (χ2v) is 4.66. The summed E-state index contributed by atoms with van der Waals surface area (Å²) in [7, 11) is 1.67. The first-order valence-corrected chi connectivity index (χ1v) is 7.00. The molecule has 0 spiro atoms. The summed E-state index contributed by atoms with van der Waals surface area (Å²) in [4.78, 5) is 4.52. The third-order valence-corrected chi connectivity index (χ3v) is 3.33. The third-order valence-electron chi connectivity index (χ3n) is 3.33. The van der Waals surface area contributed by atoms with Crippen LogP contribution in [0.1, 0.15) is 36.6 Å². The first-order valence-electron chi connectivity index (χ1n) is 7.00. The van der Waals surface area contributed by atoms with E-state index >= 15 is 0 Å². The summed E-state index contributed by atoms with van der Waals surface area (Å²) >= 11 is 0. The van der Waals surface area contributed by atoms with Crippen LogP contribution in [0.4, 0.5) is 0 Å². The Morgan fingerprint density at radius 2 is 2.05 bits per heavy atom. The van der Waals surface area contributed by atoms with Crippen molar-refractivity contribution in [3.63, 3.8) is 0 Å². The molecule has 0 radical (unpaired) electrons. The van der Waals surface area contributed by atoms with E-state index in [4.69, 9.17) is 10.5 Å². The lowest BCUT2D eigenvalue weighted by molar-refractivity contribution is 0.409. The maximum Gasteiger partial charge on any atom is 0.150 e. The molecule has 108 valence electrons. The van der Waals surface area contributed by atoms with Crippen LogP contribution < -0.4 is 10.5 Å². The van der Waals surface area contributed by atoms with Crippen molar-refractivity contribution in [1.82, 2.24) is 14.8 Å². The van der Waals surface area contributed by atoms with Gasteiger partial charge in [-0.15, -0.1) is 0 Å². The normalized spacial score (nSPS) is 10.8. The van der Waals surface area contributed by atoms with Crippen LogP contribution >= 0.6 is 0 Å². The number of rotatable bonds is 6. The van der Waals surface area contributed by atoms with Gasteiger partial charge in [-0.25, -0.2) is 9.67 Å². The van der Waals surface area contributed by atoms with Gasteiger partial charge in [0.05, 0.1) is 13.7 Å². The van der Waals surface area contributed by atoms with Gasteiger partial charge in [-0.2, -0.15) is 5.10 Å². The highest BCUT2D eigenvalue weighted by Crippen LogP contribution is 2.20. The number of aromatic nitrogens is 3. The molecule has 0 atom stereocenters. The molecular formula is C15H22N4O. The minimum atomic E-state index is 0.479. The van der Waals surface area contributed by atoms with E-state index in [0.29, 0.717) is 13.1 Å². The number of nitrogens with zero attached hydrogens (tertiary/aromatic N) is 3. The average Bonchev–Trinajstić information content (AvgIpc) is 2.89. The van der Waals surface area contributed by atoms with Gasteiger partial charge < -0.3 is 10.5 Å². The van der Waals surface area contributed by atoms with Gasteiger partial charge in [0.25, 0.3) is 0 Å². The molecular weight excluding hydrogens is 252 g/mol. The van der Waals surface area contributed by atoms with Crippen LogP contribution in [0.25, 0.3) is 0 Å². The fraction of sp³-hybridized carbons (Fsp3) is 0.467. The second kappa shape index (κ2) is 6.52. The molecule has 20 heavy (non-hydrogen) atoms. The van der Waals surface area contributed by atoms with Crippen molar-refractivity contribution in [2.45, 2.75) is 39.8 Å².